The molecule has 6 nitrogen and oxygen atoms in total. The summed E-state index contributed by atoms with van der Waals surface area (Å²) in [5.41, 5.74) is 2.54. The molecule has 4 rings (SSSR count). The Morgan fingerprint density at radius 1 is 1.19 bits per heavy atom. The Hall–Kier alpha value is -2.07. The van der Waals surface area contributed by atoms with Gasteiger partial charge < -0.3 is 4.90 Å². The van der Waals surface area contributed by atoms with Crippen LogP contribution in [0.4, 0.5) is 5.13 Å². The first-order valence-electron chi connectivity index (χ1n) is 9.56. The van der Waals surface area contributed by atoms with Crippen molar-refractivity contribution in [2.24, 2.45) is 0 Å². The van der Waals surface area contributed by atoms with E-state index in [4.69, 9.17) is 11.6 Å². The average molecular weight is 491 g/mol. The number of hydrogen-bond donors (Lipinski definition) is 1. The largest absolute Gasteiger partial charge is 0.322 e. The number of hydrogen-bond acceptors (Lipinski definition) is 7. The first-order chi connectivity index (χ1) is 15.0. The van der Waals surface area contributed by atoms with E-state index in [2.05, 4.69) is 15.5 Å². The summed E-state index contributed by atoms with van der Waals surface area (Å²) >= 11 is 10.5. The van der Waals surface area contributed by atoms with E-state index in [1.54, 1.807) is 35.7 Å². The number of rotatable bonds is 7. The van der Waals surface area contributed by atoms with Gasteiger partial charge in [0.25, 0.3) is 5.91 Å². The van der Waals surface area contributed by atoms with E-state index in [1.165, 1.54) is 11.3 Å². The minimum atomic E-state index is -0.232. The molecule has 1 saturated heterocycles. The standard InChI is InChI=1S/C21H19ClN4O2S3/c1-2-29-21-25-24-20(31-21)23-18(28)14-5-7-15(8-6-14)19-26(17(27)12-30-19)11-13-3-9-16(22)10-4-13/h3-10,19H,2,11-12H2,1H3,(H,23,24,28)/t19-/m0/s1. The summed E-state index contributed by atoms with van der Waals surface area (Å²) in [5, 5.41) is 11.9. The predicted octanol–water partition coefficient (Wildman–Crippen LogP) is 5.33. The van der Waals surface area contributed by atoms with Gasteiger partial charge in [-0.3, -0.25) is 14.9 Å². The van der Waals surface area contributed by atoms with Gasteiger partial charge in [0.2, 0.25) is 11.0 Å². The summed E-state index contributed by atoms with van der Waals surface area (Å²) in [7, 11) is 0. The normalized spacial score (nSPS) is 16.0. The molecule has 0 radical (unpaired) electrons. The van der Waals surface area contributed by atoms with E-state index in [0.29, 0.717) is 28.0 Å². The Morgan fingerprint density at radius 2 is 1.94 bits per heavy atom. The Bertz CT molecular complexity index is 1070. The summed E-state index contributed by atoms with van der Waals surface area (Å²) in [6.07, 6.45) is 0. The third-order valence-corrected chi connectivity index (χ3v) is 7.95. The number of halogens is 1. The van der Waals surface area contributed by atoms with Crippen LogP contribution in [0.5, 0.6) is 0 Å². The van der Waals surface area contributed by atoms with Gasteiger partial charge in [-0.2, -0.15) is 0 Å². The summed E-state index contributed by atoms with van der Waals surface area (Å²) in [6, 6.07) is 14.9. The van der Waals surface area contributed by atoms with Gasteiger partial charge in [-0.1, -0.05) is 65.9 Å². The molecule has 1 fully saturated rings. The van der Waals surface area contributed by atoms with Gasteiger partial charge in [0.15, 0.2) is 4.34 Å². The molecule has 10 heteroatoms. The molecule has 31 heavy (non-hydrogen) atoms. The predicted molar refractivity (Wildman–Crippen MR) is 128 cm³/mol. The van der Waals surface area contributed by atoms with Crippen LogP contribution in [0.2, 0.25) is 5.02 Å². The smallest absolute Gasteiger partial charge is 0.257 e. The first-order valence-corrected chi connectivity index (χ1v) is 12.8. The fourth-order valence-electron chi connectivity index (χ4n) is 3.10. The maximum absolute atomic E-state index is 12.5. The van der Waals surface area contributed by atoms with Crippen LogP contribution in [0.1, 0.15) is 33.8 Å². The highest BCUT2D eigenvalue weighted by Gasteiger charge is 2.32. The lowest BCUT2D eigenvalue weighted by Gasteiger charge is -2.24. The molecule has 1 aliphatic rings. The van der Waals surface area contributed by atoms with E-state index in [0.717, 1.165) is 21.2 Å². The van der Waals surface area contributed by atoms with Crippen LogP contribution in [0.15, 0.2) is 52.9 Å². The summed E-state index contributed by atoms with van der Waals surface area (Å²) < 4.78 is 0.830. The monoisotopic (exact) mass is 490 g/mol. The number of anilines is 1. The summed E-state index contributed by atoms with van der Waals surface area (Å²) in [6.45, 7) is 2.56. The van der Waals surface area contributed by atoms with Crippen LogP contribution < -0.4 is 5.32 Å². The van der Waals surface area contributed by atoms with Crippen molar-refractivity contribution in [2.75, 3.05) is 16.8 Å². The fourth-order valence-corrected chi connectivity index (χ4v) is 6.06. The molecular formula is C21H19ClN4O2S3. The van der Waals surface area contributed by atoms with Crippen molar-refractivity contribution < 1.29 is 9.59 Å². The molecule has 0 saturated carbocycles. The number of carbonyl (C=O) groups is 2. The molecule has 0 bridgehead atoms. The van der Waals surface area contributed by atoms with Crippen LogP contribution in [0.25, 0.3) is 0 Å². The Labute approximate surface area is 197 Å². The van der Waals surface area contributed by atoms with Crippen molar-refractivity contribution in [1.82, 2.24) is 15.1 Å². The van der Waals surface area contributed by atoms with E-state index < -0.39 is 0 Å². The van der Waals surface area contributed by atoms with Crippen LogP contribution in [-0.2, 0) is 11.3 Å². The molecule has 2 aromatic carbocycles. The number of nitrogens with one attached hydrogen (secondary N) is 1. The van der Waals surface area contributed by atoms with Gasteiger partial charge in [-0.05, 0) is 41.1 Å². The van der Waals surface area contributed by atoms with Gasteiger partial charge in [0.05, 0.1) is 5.75 Å². The van der Waals surface area contributed by atoms with Crippen LogP contribution in [0.3, 0.4) is 0 Å². The molecule has 0 aliphatic carbocycles. The molecule has 0 unspecified atom stereocenters. The maximum atomic E-state index is 12.5. The van der Waals surface area contributed by atoms with Crippen molar-refractivity contribution in [2.45, 2.75) is 23.2 Å². The third kappa shape index (κ3) is 5.41. The molecule has 1 atom stereocenters. The molecule has 160 valence electrons. The molecule has 3 aromatic rings. The van der Waals surface area contributed by atoms with Gasteiger partial charge >= 0.3 is 0 Å². The second kappa shape index (κ2) is 10.0. The number of thioether (sulfide) groups is 2. The third-order valence-electron chi connectivity index (χ3n) is 4.59. The van der Waals surface area contributed by atoms with Gasteiger partial charge in [0, 0.05) is 17.1 Å². The van der Waals surface area contributed by atoms with E-state index in [1.807, 2.05) is 48.2 Å². The van der Waals surface area contributed by atoms with Crippen LogP contribution in [-0.4, -0.2) is 38.4 Å². The molecular weight excluding hydrogens is 472 g/mol. The second-order valence-corrected chi connectivity index (χ2v) is 10.7. The van der Waals surface area contributed by atoms with Gasteiger partial charge in [-0.25, -0.2) is 0 Å². The maximum Gasteiger partial charge on any atom is 0.257 e. The van der Waals surface area contributed by atoms with Crippen molar-refractivity contribution in [3.05, 3.63) is 70.2 Å². The van der Waals surface area contributed by atoms with Gasteiger partial charge in [0.1, 0.15) is 5.37 Å². The zero-order valence-corrected chi connectivity index (χ0v) is 19.8. The number of carbonyl (C=O) groups excluding carboxylic acids is 2. The minimum absolute atomic E-state index is 0.0860. The highest BCUT2D eigenvalue weighted by molar-refractivity contribution is 8.01. The summed E-state index contributed by atoms with van der Waals surface area (Å²) in [5.74, 6) is 1.21. The highest BCUT2D eigenvalue weighted by Crippen LogP contribution is 2.39. The lowest BCUT2D eigenvalue weighted by atomic mass is 10.1. The van der Waals surface area contributed by atoms with Crippen LogP contribution >= 0.6 is 46.5 Å². The van der Waals surface area contributed by atoms with Crippen LogP contribution in [0, 0.1) is 0 Å². The number of nitrogens with zero attached hydrogens (tertiary/aromatic N) is 3. The van der Waals surface area contributed by atoms with Crippen molar-refractivity contribution in [3.8, 4) is 0 Å². The number of aromatic nitrogens is 2. The molecule has 1 N–H and O–H groups in total. The highest BCUT2D eigenvalue weighted by atomic mass is 35.5. The van der Waals surface area contributed by atoms with Crippen molar-refractivity contribution in [1.29, 1.82) is 0 Å². The topological polar surface area (TPSA) is 75.2 Å². The number of amides is 2. The molecule has 0 spiro atoms. The summed E-state index contributed by atoms with van der Waals surface area (Å²) in [4.78, 5) is 26.9. The Balaban J connectivity index is 1.44. The van der Waals surface area contributed by atoms with Crippen molar-refractivity contribution in [3.63, 3.8) is 0 Å². The average Bonchev–Trinajstić information content (AvgIpc) is 3.36. The Kier molecular flexibility index (Phi) is 7.16. The molecule has 1 aromatic heterocycles. The van der Waals surface area contributed by atoms with E-state index >= 15 is 0 Å². The molecule has 1 aliphatic heterocycles. The Morgan fingerprint density at radius 3 is 2.65 bits per heavy atom. The minimum Gasteiger partial charge on any atom is -0.322 e. The SMILES string of the molecule is CCSc1nnc(NC(=O)c2ccc([C@@H]3SCC(=O)N3Cc3ccc(Cl)cc3)cc2)s1. The molecule has 2 heterocycles. The molecule has 2 amide bonds. The van der Waals surface area contributed by atoms with Crippen molar-refractivity contribution >= 4 is 63.4 Å². The lowest BCUT2D eigenvalue weighted by Crippen LogP contribution is -2.27. The lowest BCUT2D eigenvalue weighted by molar-refractivity contribution is -0.128. The quantitative estimate of drug-likeness (QED) is 0.356. The van der Waals surface area contributed by atoms with Gasteiger partial charge in [-0.15, -0.1) is 22.0 Å². The number of benzene rings is 2. The van der Waals surface area contributed by atoms with E-state index in [-0.39, 0.29) is 17.2 Å². The second-order valence-electron chi connectivity index (χ2n) is 6.69. The van der Waals surface area contributed by atoms with E-state index in [9.17, 15) is 9.59 Å². The zero-order valence-electron chi connectivity index (χ0n) is 16.6. The fraction of sp³-hybridized carbons (Fsp3) is 0.238. The zero-order chi connectivity index (χ0) is 21.8. The first kappa shape index (κ1) is 22.1.